The minimum Gasteiger partial charge on any atom is -0.496 e. The summed E-state index contributed by atoms with van der Waals surface area (Å²) in [5.41, 5.74) is 0.891. The van der Waals surface area contributed by atoms with Crippen molar-refractivity contribution < 1.29 is 27.5 Å². The fraction of sp³-hybridized carbons (Fsp3) is 0.458. The first-order chi connectivity index (χ1) is 16.6. The molecule has 1 aromatic carbocycles. The number of sulfone groups is 1. The molecular formula is C24H28N4O6S. The average molecular weight is 501 g/mol. The summed E-state index contributed by atoms with van der Waals surface area (Å²) in [5, 5.41) is 5.28. The van der Waals surface area contributed by atoms with Crippen LogP contribution < -0.4 is 15.4 Å². The van der Waals surface area contributed by atoms with Gasteiger partial charge in [0.1, 0.15) is 17.5 Å². The molecule has 0 bridgehead atoms. The molecule has 4 rings (SSSR count). The van der Waals surface area contributed by atoms with Crippen LogP contribution in [0.5, 0.6) is 5.75 Å². The number of H-pyrrole nitrogens is 1. The smallest absolute Gasteiger partial charge is 0.271 e. The summed E-state index contributed by atoms with van der Waals surface area (Å²) in [4.78, 5) is 42.9. The molecule has 0 radical (unpaired) electrons. The molecule has 3 N–H and O–H groups in total. The van der Waals surface area contributed by atoms with Crippen LogP contribution in [0.1, 0.15) is 29.8 Å². The van der Waals surface area contributed by atoms with Gasteiger partial charge in [-0.2, -0.15) is 0 Å². The third-order valence-corrected chi connectivity index (χ3v) is 8.26. The van der Waals surface area contributed by atoms with E-state index in [0.29, 0.717) is 29.6 Å². The zero-order valence-electron chi connectivity index (χ0n) is 19.5. The molecular weight excluding hydrogens is 472 g/mol. The van der Waals surface area contributed by atoms with E-state index in [9.17, 15) is 22.8 Å². The SMILES string of the molecule is C#C[C@H](C[C@@H]1CCNC1=O)NC(=O)[C@@H]1C[C@@H](S(C)(=O)=O)CN1C(=O)c1cc2c(OC)cccc2[nH]1. The third-order valence-electron chi connectivity index (χ3n) is 6.71. The van der Waals surface area contributed by atoms with Crippen LogP contribution in [-0.4, -0.2) is 79.8 Å². The number of benzene rings is 1. The molecule has 2 aromatic rings. The van der Waals surface area contributed by atoms with Crippen LogP contribution in [0.4, 0.5) is 0 Å². The molecule has 3 amide bonds. The Balaban J connectivity index is 1.58. The molecule has 2 fully saturated rings. The summed E-state index contributed by atoms with van der Waals surface area (Å²) in [5.74, 6) is 1.63. The topological polar surface area (TPSA) is 138 Å². The molecule has 0 saturated carbocycles. The molecule has 0 aliphatic carbocycles. The summed E-state index contributed by atoms with van der Waals surface area (Å²) >= 11 is 0. The predicted molar refractivity (Wildman–Crippen MR) is 129 cm³/mol. The normalized spacial score (nSPS) is 23.1. The highest BCUT2D eigenvalue weighted by atomic mass is 32.2. The van der Waals surface area contributed by atoms with Gasteiger partial charge in [0.2, 0.25) is 11.8 Å². The first kappa shape index (κ1) is 24.6. The van der Waals surface area contributed by atoms with E-state index < -0.39 is 39.0 Å². The molecule has 186 valence electrons. The van der Waals surface area contributed by atoms with Gasteiger partial charge in [-0.3, -0.25) is 14.4 Å². The number of rotatable bonds is 7. The highest BCUT2D eigenvalue weighted by Crippen LogP contribution is 2.29. The number of terminal acetylenes is 1. The number of nitrogens with one attached hydrogen (secondary N) is 3. The molecule has 11 heteroatoms. The van der Waals surface area contributed by atoms with Crippen LogP contribution in [0.15, 0.2) is 24.3 Å². The lowest BCUT2D eigenvalue weighted by atomic mass is 9.98. The lowest BCUT2D eigenvalue weighted by molar-refractivity contribution is -0.126. The van der Waals surface area contributed by atoms with Crippen molar-refractivity contribution in [3.63, 3.8) is 0 Å². The van der Waals surface area contributed by atoms with Crippen molar-refractivity contribution in [3.05, 3.63) is 30.0 Å². The van der Waals surface area contributed by atoms with Crippen molar-refractivity contribution in [2.45, 2.75) is 36.6 Å². The number of aromatic nitrogens is 1. The highest BCUT2D eigenvalue weighted by molar-refractivity contribution is 7.91. The Morgan fingerprint density at radius 2 is 2.14 bits per heavy atom. The fourth-order valence-corrected chi connectivity index (χ4v) is 5.71. The highest BCUT2D eigenvalue weighted by Gasteiger charge is 2.44. The van der Waals surface area contributed by atoms with Crippen LogP contribution in [0.3, 0.4) is 0 Å². The number of carbonyl (C=O) groups is 3. The van der Waals surface area contributed by atoms with Gasteiger partial charge in [0.05, 0.1) is 18.4 Å². The number of hydrogen-bond donors (Lipinski definition) is 3. The third kappa shape index (κ3) is 4.98. The zero-order valence-corrected chi connectivity index (χ0v) is 20.4. The number of ether oxygens (including phenoxy) is 1. The molecule has 2 aliphatic rings. The summed E-state index contributed by atoms with van der Waals surface area (Å²) in [7, 11) is -1.98. The Bertz CT molecular complexity index is 1310. The molecule has 3 heterocycles. The number of likely N-dealkylation sites (tertiary alicyclic amines) is 1. The van der Waals surface area contributed by atoms with Crippen LogP contribution in [0.25, 0.3) is 10.9 Å². The summed E-state index contributed by atoms with van der Waals surface area (Å²) in [6.45, 7) is 0.443. The van der Waals surface area contributed by atoms with Crippen LogP contribution >= 0.6 is 0 Å². The van der Waals surface area contributed by atoms with E-state index in [0.717, 1.165) is 6.26 Å². The van der Waals surface area contributed by atoms with Crippen LogP contribution in [0, 0.1) is 18.3 Å². The second-order valence-electron chi connectivity index (χ2n) is 9.01. The number of amides is 3. The van der Waals surface area contributed by atoms with Gasteiger partial charge in [-0.25, -0.2) is 8.42 Å². The van der Waals surface area contributed by atoms with Gasteiger partial charge in [-0.1, -0.05) is 12.0 Å². The summed E-state index contributed by atoms with van der Waals surface area (Å²) in [6.07, 6.45) is 7.56. The van der Waals surface area contributed by atoms with Crippen molar-refractivity contribution in [3.8, 4) is 18.1 Å². The number of fused-ring (bicyclic) bond motifs is 1. The second kappa shape index (κ2) is 9.62. The first-order valence-corrected chi connectivity index (χ1v) is 13.3. The van der Waals surface area contributed by atoms with E-state index in [1.54, 1.807) is 24.3 Å². The maximum atomic E-state index is 13.5. The molecule has 35 heavy (non-hydrogen) atoms. The van der Waals surface area contributed by atoms with Gasteiger partial charge in [0.25, 0.3) is 5.91 Å². The number of hydrogen-bond acceptors (Lipinski definition) is 6. The van der Waals surface area contributed by atoms with E-state index in [4.69, 9.17) is 11.2 Å². The minimum atomic E-state index is -3.51. The van der Waals surface area contributed by atoms with E-state index in [2.05, 4.69) is 21.5 Å². The van der Waals surface area contributed by atoms with Crippen molar-refractivity contribution in [2.75, 3.05) is 26.5 Å². The summed E-state index contributed by atoms with van der Waals surface area (Å²) < 4.78 is 30.0. The maximum Gasteiger partial charge on any atom is 0.271 e. The lowest BCUT2D eigenvalue weighted by Gasteiger charge is -2.25. The largest absolute Gasteiger partial charge is 0.496 e. The van der Waals surface area contributed by atoms with Gasteiger partial charge in [0.15, 0.2) is 9.84 Å². The van der Waals surface area contributed by atoms with Gasteiger partial charge in [-0.05, 0) is 37.5 Å². The van der Waals surface area contributed by atoms with Gasteiger partial charge in [0, 0.05) is 36.2 Å². The van der Waals surface area contributed by atoms with Crippen LogP contribution in [0.2, 0.25) is 0 Å². The summed E-state index contributed by atoms with van der Waals surface area (Å²) in [6, 6.07) is 5.22. The molecule has 2 saturated heterocycles. The molecule has 0 unspecified atom stereocenters. The zero-order chi connectivity index (χ0) is 25.3. The first-order valence-electron chi connectivity index (χ1n) is 11.3. The van der Waals surface area contributed by atoms with Crippen molar-refractivity contribution in [2.24, 2.45) is 5.92 Å². The van der Waals surface area contributed by atoms with Crippen LogP contribution in [-0.2, 0) is 19.4 Å². The lowest BCUT2D eigenvalue weighted by Crippen LogP contribution is -2.49. The molecule has 0 spiro atoms. The quantitative estimate of drug-likeness (QED) is 0.472. The van der Waals surface area contributed by atoms with E-state index in [1.807, 2.05) is 0 Å². The van der Waals surface area contributed by atoms with Gasteiger partial charge in [-0.15, -0.1) is 6.42 Å². The number of aromatic amines is 1. The van der Waals surface area contributed by atoms with Crippen molar-refractivity contribution >= 4 is 38.5 Å². The Kier molecular flexibility index (Phi) is 6.76. The number of carbonyl (C=O) groups excluding carboxylic acids is 3. The number of nitrogens with zero attached hydrogens (tertiary/aromatic N) is 1. The molecule has 4 atom stereocenters. The molecule has 1 aromatic heterocycles. The Morgan fingerprint density at radius 3 is 2.77 bits per heavy atom. The minimum absolute atomic E-state index is 0.0405. The Hall–Kier alpha value is -3.52. The van der Waals surface area contributed by atoms with Gasteiger partial charge >= 0.3 is 0 Å². The maximum absolute atomic E-state index is 13.5. The second-order valence-corrected chi connectivity index (χ2v) is 11.3. The van der Waals surface area contributed by atoms with E-state index in [-0.39, 0.29) is 36.9 Å². The molecule has 2 aliphatic heterocycles. The van der Waals surface area contributed by atoms with E-state index >= 15 is 0 Å². The van der Waals surface area contributed by atoms with E-state index in [1.165, 1.54) is 12.0 Å². The monoisotopic (exact) mass is 500 g/mol. The number of methoxy groups -OCH3 is 1. The average Bonchev–Trinajstić information content (AvgIpc) is 3.55. The molecule has 10 nitrogen and oxygen atoms in total. The fourth-order valence-electron chi connectivity index (χ4n) is 4.75. The van der Waals surface area contributed by atoms with Crippen molar-refractivity contribution in [1.82, 2.24) is 20.5 Å². The Labute approximate surface area is 203 Å². The Morgan fingerprint density at radius 1 is 1.37 bits per heavy atom. The predicted octanol–water partition coefficient (Wildman–Crippen LogP) is 0.448. The standard InChI is InChI=1S/C24H28N4O6S/c1-4-15(10-14-8-9-25-22(14)29)26-23(30)20-11-16(35(3,32)33)13-28(20)24(31)19-12-17-18(27-19)6-5-7-21(17)34-2/h1,5-7,12,14-16,20,27H,8-11,13H2,2-3H3,(H,25,29)(H,26,30)/t14-,15+,16+,20-/m0/s1. The van der Waals surface area contributed by atoms with Gasteiger partial charge < -0.3 is 25.3 Å². The van der Waals surface area contributed by atoms with Crippen molar-refractivity contribution in [1.29, 1.82) is 0 Å².